The summed E-state index contributed by atoms with van der Waals surface area (Å²) in [7, 11) is 0. The smallest absolute Gasteiger partial charge is 0.231 e. The molecule has 0 aliphatic carbocycles. The van der Waals surface area contributed by atoms with E-state index in [-0.39, 0.29) is 18.2 Å². The van der Waals surface area contributed by atoms with Crippen LogP contribution < -0.4 is 0 Å². The normalized spacial score (nSPS) is 10.2. The van der Waals surface area contributed by atoms with Crippen molar-refractivity contribution in [2.75, 3.05) is 0 Å². The van der Waals surface area contributed by atoms with Crippen molar-refractivity contribution in [1.29, 1.82) is 0 Å². The van der Waals surface area contributed by atoms with Gasteiger partial charge in [-0.05, 0) is 6.07 Å². The Bertz CT molecular complexity index is 465. The number of hydrogen-bond acceptors (Lipinski definition) is 5. The molecule has 76 valence electrons. The van der Waals surface area contributed by atoms with Crippen LogP contribution in [0.1, 0.15) is 21.7 Å². The van der Waals surface area contributed by atoms with Crippen LogP contribution in [0, 0.1) is 0 Å². The number of aliphatic hydroxyl groups excluding tert-OH is 1. The van der Waals surface area contributed by atoms with Crippen molar-refractivity contribution in [3.05, 3.63) is 47.9 Å². The summed E-state index contributed by atoms with van der Waals surface area (Å²) in [5.41, 5.74) is 0.923. The van der Waals surface area contributed by atoms with Gasteiger partial charge in [-0.2, -0.15) is 0 Å². The van der Waals surface area contributed by atoms with Gasteiger partial charge in [0.15, 0.2) is 5.76 Å². The van der Waals surface area contributed by atoms with E-state index in [0.717, 1.165) is 0 Å². The largest absolute Gasteiger partial charge is 0.460 e. The van der Waals surface area contributed by atoms with Crippen LogP contribution in [0.2, 0.25) is 0 Å². The first-order valence-electron chi connectivity index (χ1n) is 4.29. The monoisotopic (exact) mass is 204 g/mol. The molecule has 0 aliphatic rings. The van der Waals surface area contributed by atoms with Gasteiger partial charge in [0.05, 0.1) is 18.4 Å². The molecule has 0 aromatic carbocycles. The van der Waals surface area contributed by atoms with Crippen molar-refractivity contribution < 1.29 is 14.3 Å². The molecule has 2 aromatic heterocycles. The number of furan rings is 1. The number of ketones is 1. The van der Waals surface area contributed by atoms with E-state index >= 15 is 0 Å². The number of hydrogen-bond donors (Lipinski definition) is 1. The Labute approximate surface area is 85.4 Å². The van der Waals surface area contributed by atoms with Gasteiger partial charge in [-0.1, -0.05) is 0 Å². The summed E-state index contributed by atoms with van der Waals surface area (Å²) in [5.74, 6) is -0.121. The third-order valence-corrected chi connectivity index (χ3v) is 1.88. The number of carbonyl (C=O) groups is 1. The molecule has 0 amide bonds. The van der Waals surface area contributed by atoms with E-state index in [4.69, 9.17) is 9.52 Å². The average molecular weight is 204 g/mol. The van der Waals surface area contributed by atoms with Gasteiger partial charge >= 0.3 is 0 Å². The lowest BCUT2D eigenvalue weighted by atomic mass is 10.2. The molecule has 0 bridgehead atoms. The number of aromatic nitrogens is 2. The standard InChI is InChI=1S/C10H8N2O3/c13-4-7-1-9(15-5-7)10(14)8-2-11-6-12-3-8/h1-3,5-6,13H,4H2. The maximum absolute atomic E-state index is 11.7. The van der Waals surface area contributed by atoms with Gasteiger partial charge in [0, 0.05) is 18.0 Å². The van der Waals surface area contributed by atoms with Crippen LogP contribution in [0.25, 0.3) is 0 Å². The van der Waals surface area contributed by atoms with E-state index in [2.05, 4.69) is 9.97 Å². The molecule has 0 fully saturated rings. The Morgan fingerprint density at radius 1 is 1.40 bits per heavy atom. The van der Waals surface area contributed by atoms with E-state index in [9.17, 15) is 4.79 Å². The molecule has 2 heterocycles. The van der Waals surface area contributed by atoms with Crippen LogP contribution in [-0.4, -0.2) is 20.9 Å². The van der Waals surface area contributed by atoms with Gasteiger partial charge in [-0.25, -0.2) is 9.97 Å². The van der Waals surface area contributed by atoms with Crippen LogP contribution >= 0.6 is 0 Å². The van der Waals surface area contributed by atoms with E-state index in [1.54, 1.807) is 0 Å². The van der Waals surface area contributed by atoms with Gasteiger partial charge in [0.2, 0.25) is 5.78 Å². The van der Waals surface area contributed by atoms with Crippen LogP contribution in [0.5, 0.6) is 0 Å². The molecule has 0 unspecified atom stereocenters. The molecule has 15 heavy (non-hydrogen) atoms. The maximum Gasteiger partial charge on any atom is 0.231 e. The fourth-order valence-electron chi connectivity index (χ4n) is 1.14. The molecule has 0 radical (unpaired) electrons. The average Bonchev–Trinajstić information content (AvgIpc) is 2.78. The van der Waals surface area contributed by atoms with E-state index in [1.807, 2.05) is 0 Å². The summed E-state index contributed by atoms with van der Waals surface area (Å²) in [5, 5.41) is 8.81. The highest BCUT2D eigenvalue weighted by Crippen LogP contribution is 2.12. The number of aliphatic hydroxyl groups is 1. The highest BCUT2D eigenvalue weighted by atomic mass is 16.3. The van der Waals surface area contributed by atoms with Crippen molar-refractivity contribution in [3.63, 3.8) is 0 Å². The second-order valence-corrected chi connectivity index (χ2v) is 2.93. The quantitative estimate of drug-likeness (QED) is 0.748. The molecule has 0 atom stereocenters. The highest BCUT2D eigenvalue weighted by Gasteiger charge is 2.13. The van der Waals surface area contributed by atoms with Gasteiger partial charge in [-0.15, -0.1) is 0 Å². The SMILES string of the molecule is O=C(c1cncnc1)c1cc(CO)co1. The predicted octanol–water partition coefficient (Wildman–Crippen LogP) is 0.793. The molecular formula is C10H8N2O3. The molecule has 2 rings (SSSR count). The topological polar surface area (TPSA) is 76.2 Å². The summed E-state index contributed by atoms with van der Waals surface area (Å²) in [4.78, 5) is 19.2. The minimum absolute atomic E-state index is 0.151. The van der Waals surface area contributed by atoms with Crippen molar-refractivity contribution in [2.45, 2.75) is 6.61 Å². The Morgan fingerprint density at radius 3 is 2.73 bits per heavy atom. The highest BCUT2D eigenvalue weighted by molar-refractivity contribution is 6.06. The van der Waals surface area contributed by atoms with E-state index in [0.29, 0.717) is 11.1 Å². The first kappa shape index (κ1) is 9.54. The summed E-state index contributed by atoms with van der Waals surface area (Å²) < 4.78 is 5.01. The first-order chi connectivity index (χ1) is 7.31. The van der Waals surface area contributed by atoms with Crippen LogP contribution in [0.15, 0.2) is 35.5 Å². The summed E-state index contributed by atoms with van der Waals surface area (Å²) in [6, 6.07) is 1.50. The van der Waals surface area contributed by atoms with Crippen LogP contribution in [0.4, 0.5) is 0 Å². The fourth-order valence-corrected chi connectivity index (χ4v) is 1.14. The zero-order valence-electron chi connectivity index (χ0n) is 7.75. The van der Waals surface area contributed by atoms with Crippen molar-refractivity contribution in [2.24, 2.45) is 0 Å². The molecule has 0 spiro atoms. The molecule has 1 N–H and O–H groups in total. The van der Waals surface area contributed by atoms with Crippen LogP contribution in [-0.2, 0) is 6.61 Å². The Hall–Kier alpha value is -2.01. The molecule has 5 heteroatoms. The molecule has 5 nitrogen and oxygen atoms in total. The van der Waals surface area contributed by atoms with Gasteiger partial charge in [0.25, 0.3) is 0 Å². The summed E-state index contributed by atoms with van der Waals surface area (Å²) in [6.45, 7) is -0.151. The van der Waals surface area contributed by atoms with Crippen molar-refractivity contribution in [1.82, 2.24) is 9.97 Å². The summed E-state index contributed by atoms with van der Waals surface area (Å²) >= 11 is 0. The second kappa shape index (κ2) is 4.02. The van der Waals surface area contributed by atoms with Crippen molar-refractivity contribution in [3.8, 4) is 0 Å². The van der Waals surface area contributed by atoms with Crippen LogP contribution in [0.3, 0.4) is 0 Å². The summed E-state index contributed by atoms with van der Waals surface area (Å²) in [6.07, 6.45) is 5.52. The maximum atomic E-state index is 11.7. The molecule has 0 saturated carbocycles. The predicted molar refractivity (Wildman–Crippen MR) is 50.1 cm³/mol. The molecule has 0 saturated heterocycles. The van der Waals surface area contributed by atoms with Gasteiger partial charge in [0.1, 0.15) is 6.33 Å². The Balaban J connectivity index is 2.29. The lowest BCUT2D eigenvalue weighted by Crippen LogP contribution is -2.00. The lowest BCUT2D eigenvalue weighted by Gasteiger charge is -1.93. The van der Waals surface area contributed by atoms with Crippen molar-refractivity contribution >= 4 is 5.78 Å². The second-order valence-electron chi connectivity index (χ2n) is 2.93. The van der Waals surface area contributed by atoms with E-state index < -0.39 is 0 Å². The Morgan fingerprint density at radius 2 is 2.13 bits per heavy atom. The molecule has 2 aromatic rings. The number of carbonyl (C=O) groups excluding carboxylic acids is 1. The zero-order chi connectivity index (χ0) is 10.7. The van der Waals surface area contributed by atoms with Gasteiger partial charge in [-0.3, -0.25) is 4.79 Å². The first-order valence-corrected chi connectivity index (χ1v) is 4.29. The molecule has 0 aliphatic heterocycles. The third kappa shape index (κ3) is 1.92. The fraction of sp³-hybridized carbons (Fsp3) is 0.100. The minimum atomic E-state index is -0.296. The number of nitrogens with zero attached hydrogens (tertiary/aromatic N) is 2. The van der Waals surface area contributed by atoms with Gasteiger partial charge < -0.3 is 9.52 Å². The van der Waals surface area contributed by atoms with E-state index in [1.165, 1.54) is 31.1 Å². The molecular weight excluding hydrogens is 196 g/mol. The Kier molecular flexibility index (Phi) is 2.55. The lowest BCUT2D eigenvalue weighted by molar-refractivity contribution is 0.101. The third-order valence-electron chi connectivity index (χ3n) is 1.88. The number of rotatable bonds is 3. The zero-order valence-corrected chi connectivity index (χ0v) is 7.75. The minimum Gasteiger partial charge on any atom is -0.460 e.